The Balaban J connectivity index is 0.000000409. The van der Waals surface area contributed by atoms with Crippen LogP contribution in [0.1, 0.15) is 52.9 Å². The highest BCUT2D eigenvalue weighted by Gasteiger charge is 2.19. The molecule has 0 heterocycles. The van der Waals surface area contributed by atoms with E-state index in [4.69, 9.17) is 6.42 Å². The monoisotopic (exact) mass is 368 g/mol. The van der Waals surface area contributed by atoms with Crippen LogP contribution in [0.5, 0.6) is 0 Å². The van der Waals surface area contributed by atoms with Crippen molar-refractivity contribution in [2.45, 2.75) is 57.7 Å². The molecule has 0 unspecified atom stereocenters. The van der Waals surface area contributed by atoms with Crippen molar-refractivity contribution in [3.8, 4) is 12.3 Å². The number of carbonyl (C=O) groups is 1. The van der Waals surface area contributed by atoms with Crippen molar-refractivity contribution < 1.29 is 9.53 Å². The fourth-order valence-electron chi connectivity index (χ4n) is 2.35. The molecule has 0 saturated carbocycles. The summed E-state index contributed by atoms with van der Waals surface area (Å²) < 4.78 is 4.63. The number of halogens is 1. The largest absolute Gasteiger partial charge is 0.466 e. The molecule has 0 aromatic heterocycles. The van der Waals surface area contributed by atoms with Crippen molar-refractivity contribution in [1.29, 1.82) is 0 Å². The number of ether oxygens (including phenoxy) is 1. The average molecular weight is 369 g/mol. The lowest BCUT2D eigenvalue weighted by molar-refractivity contribution is -0.140. The summed E-state index contributed by atoms with van der Waals surface area (Å²) in [5, 5.41) is 0. The number of esters is 1. The fraction of sp³-hybridized carbons (Fsp3) is 0.632. The molecule has 0 aromatic rings. The third-order valence-corrected chi connectivity index (χ3v) is 4.73. The normalized spacial score (nSPS) is 26.0. The van der Waals surface area contributed by atoms with Gasteiger partial charge < -0.3 is 4.74 Å². The molecule has 1 aliphatic rings. The summed E-state index contributed by atoms with van der Waals surface area (Å²) in [6.45, 7) is 6.45. The number of allylic oxidation sites excluding steroid dienone is 3. The van der Waals surface area contributed by atoms with E-state index in [2.05, 4.69) is 52.6 Å². The van der Waals surface area contributed by atoms with E-state index < -0.39 is 0 Å². The van der Waals surface area contributed by atoms with Crippen molar-refractivity contribution in [2.75, 3.05) is 6.61 Å². The van der Waals surface area contributed by atoms with E-state index in [0.717, 1.165) is 11.8 Å². The molecule has 1 rings (SSSR count). The molecule has 2 nitrogen and oxygen atoms in total. The second kappa shape index (κ2) is 13.6. The number of alkyl halides is 1. The predicted octanol–water partition coefficient (Wildman–Crippen LogP) is 5.28. The van der Waals surface area contributed by atoms with Gasteiger partial charge in [-0.3, -0.25) is 4.79 Å². The minimum absolute atomic E-state index is 0.255. The van der Waals surface area contributed by atoms with Gasteiger partial charge in [-0.05, 0) is 37.2 Å². The third kappa shape index (κ3) is 11.6. The average Bonchev–Trinajstić information content (AvgIpc) is 2.47. The molecule has 0 spiro atoms. The maximum atomic E-state index is 10.2. The molecular formula is C19H29BrO2. The second-order valence-electron chi connectivity index (χ2n) is 5.67. The van der Waals surface area contributed by atoms with Gasteiger partial charge in [-0.1, -0.05) is 60.3 Å². The molecule has 0 bridgehead atoms. The van der Waals surface area contributed by atoms with Crippen LogP contribution in [0.2, 0.25) is 0 Å². The first-order valence-corrected chi connectivity index (χ1v) is 8.96. The standard InChI is InChI=1S/C11H19Br.C8H10O2/c1-3-10-8-9(2)6-4-5-7-11(10)12;1-3-4-5-6-7-10-8(2)9/h4-5,9-11H,3,6-8H2,1-2H3;1,4-5H,6-7H2,2H3/b5-4-;5-4+/t9-,10-,11-;/m0./s1. The highest BCUT2D eigenvalue weighted by molar-refractivity contribution is 9.09. The zero-order valence-electron chi connectivity index (χ0n) is 14.1. The lowest BCUT2D eigenvalue weighted by atomic mass is 9.86. The van der Waals surface area contributed by atoms with Crippen LogP contribution in [-0.2, 0) is 9.53 Å². The van der Waals surface area contributed by atoms with Gasteiger partial charge >= 0.3 is 5.97 Å². The first-order chi connectivity index (χ1) is 10.5. The van der Waals surface area contributed by atoms with Gasteiger partial charge in [0.15, 0.2) is 0 Å². The Morgan fingerprint density at radius 1 is 1.45 bits per heavy atom. The van der Waals surface area contributed by atoms with E-state index in [-0.39, 0.29) is 5.97 Å². The van der Waals surface area contributed by atoms with Crippen LogP contribution in [0.25, 0.3) is 0 Å². The van der Waals surface area contributed by atoms with Crippen molar-refractivity contribution >= 4 is 21.9 Å². The third-order valence-electron chi connectivity index (χ3n) is 3.61. The number of hydrogen-bond acceptors (Lipinski definition) is 2. The summed E-state index contributed by atoms with van der Waals surface area (Å²) in [5.41, 5.74) is 0. The van der Waals surface area contributed by atoms with Gasteiger partial charge in [0, 0.05) is 18.2 Å². The van der Waals surface area contributed by atoms with Crippen molar-refractivity contribution in [1.82, 2.24) is 0 Å². The van der Waals surface area contributed by atoms with E-state index in [1.54, 1.807) is 12.2 Å². The summed E-state index contributed by atoms with van der Waals surface area (Å²) in [5.74, 6) is 3.83. The molecule has 1 aliphatic carbocycles. The van der Waals surface area contributed by atoms with E-state index >= 15 is 0 Å². The molecule has 0 saturated heterocycles. The molecule has 0 fully saturated rings. The molecule has 0 N–H and O–H groups in total. The molecule has 0 radical (unpaired) electrons. The van der Waals surface area contributed by atoms with Gasteiger partial charge in [0.05, 0.1) is 6.61 Å². The Kier molecular flexibility index (Phi) is 13.0. The summed E-state index contributed by atoms with van der Waals surface area (Å²) >= 11 is 3.78. The number of carbonyl (C=O) groups excluding carboxylic acids is 1. The minimum atomic E-state index is -0.255. The first-order valence-electron chi connectivity index (χ1n) is 8.04. The van der Waals surface area contributed by atoms with Crippen LogP contribution in [0.15, 0.2) is 24.3 Å². The van der Waals surface area contributed by atoms with Gasteiger partial charge in [0.2, 0.25) is 0 Å². The zero-order chi connectivity index (χ0) is 16.8. The molecular weight excluding hydrogens is 340 g/mol. The molecule has 0 aromatic carbocycles. The van der Waals surface area contributed by atoms with Gasteiger partial charge in [0.25, 0.3) is 0 Å². The highest BCUT2D eigenvalue weighted by Crippen LogP contribution is 2.30. The number of hydrogen-bond donors (Lipinski definition) is 0. The van der Waals surface area contributed by atoms with E-state index in [1.165, 1.54) is 32.6 Å². The number of terminal acetylenes is 1. The number of rotatable bonds is 4. The first kappa shape index (κ1) is 21.0. The molecule has 22 heavy (non-hydrogen) atoms. The van der Waals surface area contributed by atoms with Crippen LogP contribution in [-0.4, -0.2) is 17.4 Å². The quantitative estimate of drug-likeness (QED) is 0.222. The van der Waals surface area contributed by atoms with Gasteiger partial charge in [0.1, 0.15) is 0 Å². The van der Waals surface area contributed by atoms with E-state index in [9.17, 15) is 4.79 Å². The topological polar surface area (TPSA) is 26.3 Å². The smallest absolute Gasteiger partial charge is 0.302 e. The van der Waals surface area contributed by atoms with Crippen LogP contribution < -0.4 is 0 Å². The summed E-state index contributed by atoms with van der Waals surface area (Å²) in [4.78, 5) is 10.9. The van der Waals surface area contributed by atoms with E-state index in [1.807, 2.05) is 0 Å². The van der Waals surface area contributed by atoms with Gasteiger partial charge in [-0.25, -0.2) is 0 Å². The van der Waals surface area contributed by atoms with Crippen molar-refractivity contribution in [3.05, 3.63) is 24.3 Å². The highest BCUT2D eigenvalue weighted by atomic mass is 79.9. The fourth-order valence-corrected chi connectivity index (χ4v) is 3.16. The van der Waals surface area contributed by atoms with E-state index in [0.29, 0.717) is 17.9 Å². The maximum absolute atomic E-state index is 10.2. The van der Waals surface area contributed by atoms with Gasteiger partial charge in [-0.2, -0.15) is 0 Å². The van der Waals surface area contributed by atoms with Crippen LogP contribution >= 0.6 is 15.9 Å². The maximum Gasteiger partial charge on any atom is 0.302 e. The SMILES string of the molecule is C#C/C=C/CCOC(C)=O.CC[C@H]1C[C@@H](C)C/C=C\C[C@@H]1Br. The Hall–Kier alpha value is -1.01. The van der Waals surface area contributed by atoms with Crippen molar-refractivity contribution in [3.63, 3.8) is 0 Å². The molecule has 124 valence electrons. The predicted molar refractivity (Wildman–Crippen MR) is 97.9 cm³/mol. The zero-order valence-corrected chi connectivity index (χ0v) is 15.6. The molecule has 0 amide bonds. The Morgan fingerprint density at radius 2 is 2.14 bits per heavy atom. The molecule has 3 atom stereocenters. The Labute approximate surface area is 144 Å². The second-order valence-corrected chi connectivity index (χ2v) is 6.84. The molecule has 3 heteroatoms. The van der Waals surface area contributed by atoms with Crippen LogP contribution in [0.3, 0.4) is 0 Å². The summed E-state index contributed by atoms with van der Waals surface area (Å²) in [7, 11) is 0. The summed E-state index contributed by atoms with van der Waals surface area (Å²) in [6.07, 6.45) is 18.8. The molecule has 0 aliphatic heterocycles. The van der Waals surface area contributed by atoms with Crippen LogP contribution in [0.4, 0.5) is 0 Å². The van der Waals surface area contributed by atoms with Crippen molar-refractivity contribution in [2.24, 2.45) is 11.8 Å². The lowest BCUT2D eigenvalue weighted by Gasteiger charge is -2.25. The Morgan fingerprint density at radius 3 is 2.73 bits per heavy atom. The Bertz CT molecular complexity index is 393. The summed E-state index contributed by atoms with van der Waals surface area (Å²) in [6, 6.07) is 0. The minimum Gasteiger partial charge on any atom is -0.466 e. The van der Waals surface area contributed by atoms with Gasteiger partial charge in [-0.15, -0.1) is 6.42 Å². The lowest BCUT2D eigenvalue weighted by Crippen LogP contribution is -2.17. The van der Waals surface area contributed by atoms with Crippen LogP contribution in [0, 0.1) is 24.2 Å².